The molecule has 0 bridgehead atoms. The van der Waals surface area contributed by atoms with E-state index in [0.717, 1.165) is 5.39 Å². The molecule has 124 valence electrons. The van der Waals surface area contributed by atoms with Gasteiger partial charge in [-0.2, -0.15) is 5.10 Å². The molecule has 0 unspecified atom stereocenters. The molecule has 7 nitrogen and oxygen atoms in total. The fourth-order valence-electron chi connectivity index (χ4n) is 2.59. The van der Waals surface area contributed by atoms with Gasteiger partial charge < -0.3 is 11.5 Å². The smallest absolute Gasteiger partial charge is 0.182 e. The lowest BCUT2D eigenvalue weighted by atomic mass is 10.2. The van der Waals surface area contributed by atoms with Crippen molar-refractivity contribution in [3.05, 3.63) is 60.2 Å². The van der Waals surface area contributed by atoms with Gasteiger partial charge in [-0.05, 0) is 18.2 Å². The van der Waals surface area contributed by atoms with Crippen LogP contribution in [0.3, 0.4) is 0 Å². The first-order chi connectivity index (χ1) is 12.1. The molecule has 0 atom stereocenters. The highest BCUT2D eigenvalue weighted by molar-refractivity contribution is 5.89. The predicted molar refractivity (Wildman–Crippen MR) is 92.9 cm³/mol. The van der Waals surface area contributed by atoms with Gasteiger partial charge in [0.05, 0.1) is 23.8 Å². The van der Waals surface area contributed by atoms with Crippen LogP contribution in [-0.4, -0.2) is 24.7 Å². The van der Waals surface area contributed by atoms with Crippen LogP contribution in [0.2, 0.25) is 0 Å². The van der Waals surface area contributed by atoms with E-state index in [1.165, 1.54) is 12.3 Å². The Kier molecular flexibility index (Phi) is 3.50. The van der Waals surface area contributed by atoms with Gasteiger partial charge in [-0.15, -0.1) is 0 Å². The zero-order valence-electron chi connectivity index (χ0n) is 13.1. The van der Waals surface area contributed by atoms with Crippen molar-refractivity contribution in [1.29, 1.82) is 0 Å². The minimum Gasteiger partial charge on any atom is -0.394 e. The van der Waals surface area contributed by atoms with Gasteiger partial charge in [-0.3, -0.25) is 0 Å². The molecule has 25 heavy (non-hydrogen) atoms. The number of fused-ring (bicyclic) bond motifs is 1. The Labute approximate surface area is 142 Å². The number of nitrogens with zero attached hydrogens (tertiary/aromatic N) is 5. The average Bonchev–Trinajstić information content (AvgIpc) is 2.98. The number of aromatic nitrogens is 5. The van der Waals surface area contributed by atoms with Crippen LogP contribution in [0.5, 0.6) is 0 Å². The van der Waals surface area contributed by atoms with Crippen molar-refractivity contribution in [3.63, 3.8) is 0 Å². The number of nitrogen functional groups attached to an aromatic ring is 2. The lowest BCUT2D eigenvalue weighted by molar-refractivity contribution is 0.589. The van der Waals surface area contributed by atoms with Crippen LogP contribution < -0.4 is 11.5 Å². The zero-order chi connectivity index (χ0) is 17.4. The number of halogens is 1. The van der Waals surface area contributed by atoms with E-state index in [1.54, 1.807) is 35.1 Å². The quantitative estimate of drug-likeness (QED) is 0.594. The molecule has 0 aliphatic rings. The summed E-state index contributed by atoms with van der Waals surface area (Å²) in [6.07, 6.45) is 3.10. The normalized spacial score (nSPS) is 11.1. The van der Waals surface area contributed by atoms with Crippen LogP contribution in [0.4, 0.5) is 15.9 Å². The topological polar surface area (TPSA) is 109 Å². The molecule has 1 aromatic carbocycles. The molecule has 3 heterocycles. The molecule has 0 aliphatic heterocycles. The monoisotopic (exact) mass is 335 g/mol. The summed E-state index contributed by atoms with van der Waals surface area (Å²) >= 11 is 0. The van der Waals surface area contributed by atoms with Crippen molar-refractivity contribution in [1.82, 2.24) is 24.7 Å². The molecule has 0 aliphatic carbocycles. The molecule has 0 saturated heterocycles. The molecular formula is C17H14FN7. The van der Waals surface area contributed by atoms with Gasteiger partial charge in [0, 0.05) is 11.8 Å². The summed E-state index contributed by atoms with van der Waals surface area (Å²) in [4.78, 5) is 12.8. The molecule has 3 aromatic heterocycles. The molecule has 0 saturated carbocycles. The van der Waals surface area contributed by atoms with Crippen molar-refractivity contribution < 1.29 is 4.39 Å². The first-order valence-corrected chi connectivity index (χ1v) is 7.57. The van der Waals surface area contributed by atoms with Crippen molar-refractivity contribution in [2.75, 3.05) is 11.5 Å². The molecule has 0 spiro atoms. The second kappa shape index (κ2) is 5.82. The van der Waals surface area contributed by atoms with Gasteiger partial charge in [0.25, 0.3) is 0 Å². The van der Waals surface area contributed by atoms with E-state index >= 15 is 0 Å². The van der Waals surface area contributed by atoms with Crippen molar-refractivity contribution >= 4 is 22.5 Å². The first-order valence-electron chi connectivity index (χ1n) is 7.57. The van der Waals surface area contributed by atoms with Gasteiger partial charge in [0.1, 0.15) is 11.5 Å². The molecule has 8 heteroatoms. The summed E-state index contributed by atoms with van der Waals surface area (Å²) in [6.45, 7) is 0.241. The summed E-state index contributed by atoms with van der Waals surface area (Å²) in [5.41, 5.74) is 13.4. The summed E-state index contributed by atoms with van der Waals surface area (Å²) < 4.78 is 15.6. The lowest BCUT2D eigenvalue weighted by Gasteiger charge is -2.04. The van der Waals surface area contributed by atoms with Gasteiger partial charge >= 0.3 is 0 Å². The highest BCUT2D eigenvalue weighted by atomic mass is 19.1. The number of benzene rings is 1. The van der Waals surface area contributed by atoms with Crippen LogP contribution >= 0.6 is 0 Å². The van der Waals surface area contributed by atoms with E-state index < -0.39 is 0 Å². The molecular weight excluding hydrogens is 321 g/mol. The molecule has 4 aromatic rings. The summed E-state index contributed by atoms with van der Waals surface area (Å²) in [5.74, 6) is 0.235. The zero-order valence-corrected chi connectivity index (χ0v) is 13.1. The molecule has 0 fully saturated rings. The largest absolute Gasteiger partial charge is 0.394 e. The SMILES string of the molecule is Nc1cnc(-c2nn(Cc3ccccc3F)c3ncccc23)nc1N. The van der Waals surface area contributed by atoms with Crippen LogP contribution in [0.15, 0.2) is 48.8 Å². The predicted octanol–water partition coefficient (Wildman–Crippen LogP) is 2.24. The number of rotatable bonds is 3. The average molecular weight is 335 g/mol. The van der Waals surface area contributed by atoms with E-state index in [4.69, 9.17) is 11.5 Å². The Morgan fingerprint density at radius 2 is 1.88 bits per heavy atom. The van der Waals surface area contributed by atoms with Gasteiger partial charge in [-0.1, -0.05) is 18.2 Å². The number of nitrogens with two attached hydrogens (primary N) is 2. The maximum atomic E-state index is 14.0. The van der Waals surface area contributed by atoms with Crippen LogP contribution in [-0.2, 0) is 6.54 Å². The number of hydrogen-bond donors (Lipinski definition) is 2. The van der Waals surface area contributed by atoms with Gasteiger partial charge in [0.15, 0.2) is 17.3 Å². The van der Waals surface area contributed by atoms with E-state index in [2.05, 4.69) is 20.1 Å². The fourth-order valence-corrected chi connectivity index (χ4v) is 2.59. The van der Waals surface area contributed by atoms with E-state index in [1.807, 2.05) is 6.07 Å². The number of anilines is 2. The maximum absolute atomic E-state index is 14.0. The summed E-state index contributed by atoms with van der Waals surface area (Å²) in [6, 6.07) is 10.2. The Morgan fingerprint density at radius 1 is 1.04 bits per heavy atom. The van der Waals surface area contributed by atoms with Crippen molar-refractivity contribution in [2.24, 2.45) is 0 Å². The lowest BCUT2D eigenvalue weighted by Crippen LogP contribution is -2.05. The number of pyridine rings is 1. The van der Waals surface area contributed by atoms with E-state index in [-0.39, 0.29) is 18.2 Å². The minimum atomic E-state index is -0.295. The second-order valence-corrected chi connectivity index (χ2v) is 5.51. The van der Waals surface area contributed by atoms with Crippen LogP contribution in [0.1, 0.15) is 5.56 Å². The van der Waals surface area contributed by atoms with E-state index in [0.29, 0.717) is 28.4 Å². The Morgan fingerprint density at radius 3 is 2.68 bits per heavy atom. The Balaban J connectivity index is 1.87. The third kappa shape index (κ3) is 2.63. The number of hydrogen-bond acceptors (Lipinski definition) is 6. The first kappa shape index (κ1) is 15.0. The van der Waals surface area contributed by atoms with Gasteiger partial charge in [-0.25, -0.2) is 24.0 Å². The van der Waals surface area contributed by atoms with Crippen molar-refractivity contribution in [2.45, 2.75) is 6.54 Å². The highest BCUT2D eigenvalue weighted by Gasteiger charge is 2.17. The molecule has 0 radical (unpaired) electrons. The summed E-state index contributed by atoms with van der Waals surface area (Å²) in [7, 11) is 0. The van der Waals surface area contributed by atoms with Gasteiger partial charge in [0.2, 0.25) is 0 Å². The standard InChI is InChI=1S/C17H14FN7/c18-12-6-2-1-4-10(12)9-25-17-11(5-3-7-21-17)14(24-25)16-22-8-13(19)15(20)23-16/h1-8H,9,19H2,(H2,20,22,23). The molecule has 0 amide bonds. The molecule has 4 N–H and O–H groups in total. The highest BCUT2D eigenvalue weighted by Crippen LogP contribution is 2.26. The van der Waals surface area contributed by atoms with Crippen LogP contribution in [0.25, 0.3) is 22.6 Å². The molecule has 4 rings (SSSR count). The van der Waals surface area contributed by atoms with Crippen LogP contribution in [0, 0.1) is 5.82 Å². The van der Waals surface area contributed by atoms with E-state index in [9.17, 15) is 4.39 Å². The summed E-state index contributed by atoms with van der Waals surface area (Å²) in [5, 5.41) is 5.29. The van der Waals surface area contributed by atoms with Crippen molar-refractivity contribution in [3.8, 4) is 11.5 Å². The maximum Gasteiger partial charge on any atom is 0.182 e. The minimum absolute atomic E-state index is 0.186. The fraction of sp³-hybridized carbons (Fsp3) is 0.0588. The third-order valence-electron chi connectivity index (χ3n) is 3.84. The second-order valence-electron chi connectivity index (χ2n) is 5.51. The Hall–Kier alpha value is -3.55. The Bertz CT molecular complexity index is 1070. The third-order valence-corrected chi connectivity index (χ3v) is 3.84.